The molecule has 0 spiro atoms. The Labute approximate surface area is 119 Å². The third kappa shape index (κ3) is 3.66. The Hall–Kier alpha value is -2.17. The van der Waals surface area contributed by atoms with Crippen LogP contribution in [-0.2, 0) is 17.8 Å². The quantitative estimate of drug-likeness (QED) is 0.909. The molecule has 0 bridgehead atoms. The first-order chi connectivity index (χ1) is 9.58. The molecule has 2 aromatic rings. The molecule has 2 heterocycles. The summed E-state index contributed by atoms with van der Waals surface area (Å²) >= 11 is 0. The lowest BCUT2D eigenvalue weighted by atomic mass is 10.1. The number of nitrogens with one attached hydrogen (secondary N) is 1. The number of rotatable bonds is 5. The minimum Gasteiger partial charge on any atom is -0.311 e. The summed E-state index contributed by atoms with van der Waals surface area (Å²) in [6.07, 6.45) is 4.88. The van der Waals surface area contributed by atoms with Crippen LogP contribution in [0.25, 0.3) is 0 Å². The van der Waals surface area contributed by atoms with Crippen molar-refractivity contribution in [3.05, 3.63) is 41.3 Å². The molecule has 1 N–H and O–H groups in total. The van der Waals surface area contributed by atoms with Crippen LogP contribution in [0.2, 0.25) is 0 Å². The van der Waals surface area contributed by atoms with E-state index >= 15 is 0 Å². The first kappa shape index (κ1) is 14.2. The third-order valence-electron chi connectivity index (χ3n) is 3.17. The van der Waals surface area contributed by atoms with Crippen molar-refractivity contribution in [3.8, 4) is 0 Å². The maximum absolute atomic E-state index is 11.9. The van der Waals surface area contributed by atoms with Crippen LogP contribution in [0, 0.1) is 13.8 Å². The average Bonchev–Trinajstić information content (AvgIpc) is 2.80. The van der Waals surface area contributed by atoms with Gasteiger partial charge < -0.3 is 5.32 Å². The van der Waals surface area contributed by atoms with E-state index in [4.69, 9.17) is 0 Å². The predicted molar refractivity (Wildman–Crippen MR) is 78.6 cm³/mol. The Morgan fingerprint density at radius 2 is 2.15 bits per heavy atom. The van der Waals surface area contributed by atoms with Gasteiger partial charge in [-0.2, -0.15) is 5.10 Å². The number of hydrogen-bond acceptors (Lipinski definition) is 3. The first-order valence-electron chi connectivity index (χ1n) is 6.84. The molecule has 5 nitrogen and oxygen atoms in total. The van der Waals surface area contributed by atoms with E-state index in [2.05, 4.69) is 15.4 Å². The average molecular weight is 272 g/mol. The molecule has 2 rings (SSSR count). The normalized spacial score (nSPS) is 10.6. The summed E-state index contributed by atoms with van der Waals surface area (Å²) in [6.45, 7) is 6.83. The lowest BCUT2D eigenvalue weighted by Gasteiger charge is -2.04. The van der Waals surface area contributed by atoms with Crippen molar-refractivity contribution in [2.24, 2.45) is 0 Å². The van der Waals surface area contributed by atoms with Crippen LogP contribution in [0.5, 0.6) is 0 Å². The topological polar surface area (TPSA) is 59.8 Å². The van der Waals surface area contributed by atoms with Crippen molar-refractivity contribution < 1.29 is 4.79 Å². The number of anilines is 1. The van der Waals surface area contributed by atoms with Crippen molar-refractivity contribution >= 4 is 11.7 Å². The zero-order valence-corrected chi connectivity index (χ0v) is 12.2. The van der Waals surface area contributed by atoms with E-state index < -0.39 is 0 Å². The van der Waals surface area contributed by atoms with Crippen LogP contribution in [0.15, 0.2) is 24.5 Å². The number of nitrogens with zero attached hydrogens (tertiary/aromatic N) is 3. The first-order valence-corrected chi connectivity index (χ1v) is 6.84. The number of carbonyl (C=O) groups is 1. The molecule has 2 aromatic heterocycles. The van der Waals surface area contributed by atoms with E-state index in [0.717, 1.165) is 23.4 Å². The highest BCUT2D eigenvalue weighted by molar-refractivity contribution is 5.89. The van der Waals surface area contributed by atoms with Gasteiger partial charge in [-0.15, -0.1) is 0 Å². The lowest BCUT2D eigenvalue weighted by Crippen LogP contribution is -2.13. The minimum absolute atomic E-state index is 0.0231. The largest absolute Gasteiger partial charge is 0.311 e. The van der Waals surface area contributed by atoms with Crippen LogP contribution >= 0.6 is 0 Å². The number of aromatic nitrogens is 3. The molecule has 0 fully saturated rings. The molecule has 5 heteroatoms. The SMILES string of the molecule is CCn1cc(CCC(=O)Nc2ccc(C)cn2)c(C)n1. The Morgan fingerprint density at radius 3 is 2.75 bits per heavy atom. The van der Waals surface area contributed by atoms with Gasteiger partial charge in [0.05, 0.1) is 5.69 Å². The second-order valence-electron chi connectivity index (χ2n) is 4.86. The fraction of sp³-hybridized carbons (Fsp3) is 0.400. The smallest absolute Gasteiger partial charge is 0.225 e. The molecule has 0 aliphatic rings. The van der Waals surface area contributed by atoms with Crippen LogP contribution in [0.3, 0.4) is 0 Å². The van der Waals surface area contributed by atoms with E-state index in [1.54, 1.807) is 6.20 Å². The van der Waals surface area contributed by atoms with Gasteiger partial charge in [0.15, 0.2) is 0 Å². The molecular weight excluding hydrogens is 252 g/mol. The van der Waals surface area contributed by atoms with Crippen LogP contribution in [0.4, 0.5) is 5.82 Å². The Bertz CT molecular complexity index is 586. The van der Waals surface area contributed by atoms with Gasteiger partial charge in [-0.05, 0) is 44.4 Å². The maximum atomic E-state index is 11.9. The van der Waals surface area contributed by atoms with Crippen LogP contribution in [0.1, 0.15) is 30.2 Å². The number of amides is 1. The molecule has 0 unspecified atom stereocenters. The lowest BCUT2D eigenvalue weighted by molar-refractivity contribution is -0.116. The molecule has 0 aromatic carbocycles. The van der Waals surface area contributed by atoms with Crippen LogP contribution < -0.4 is 5.32 Å². The second kappa shape index (κ2) is 6.32. The van der Waals surface area contributed by atoms with Gasteiger partial charge in [0.2, 0.25) is 5.91 Å². The zero-order chi connectivity index (χ0) is 14.5. The van der Waals surface area contributed by atoms with Gasteiger partial charge in [0.25, 0.3) is 0 Å². The summed E-state index contributed by atoms with van der Waals surface area (Å²) in [6, 6.07) is 3.74. The second-order valence-corrected chi connectivity index (χ2v) is 4.86. The number of carbonyl (C=O) groups excluding carboxylic acids is 1. The van der Waals surface area contributed by atoms with Crippen molar-refractivity contribution in [2.45, 2.75) is 40.2 Å². The van der Waals surface area contributed by atoms with Crippen LogP contribution in [-0.4, -0.2) is 20.7 Å². The van der Waals surface area contributed by atoms with Crippen molar-refractivity contribution in [1.82, 2.24) is 14.8 Å². The fourth-order valence-electron chi connectivity index (χ4n) is 1.96. The number of hydrogen-bond donors (Lipinski definition) is 1. The third-order valence-corrected chi connectivity index (χ3v) is 3.17. The zero-order valence-electron chi connectivity index (χ0n) is 12.2. The molecule has 0 atom stereocenters. The molecule has 0 saturated heterocycles. The summed E-state index contributed by atoms with van der Waals surface area (Å²) in [5.74, 6) is 0.576. The minimum atomic E-state index is -0.0231. The van der Waals surface area contributed by atoms with Crippen molar-refractivity contribution in [3.63, 3.8) is 0 Å². The summed E-state index contributed by atoms with van der Waals surface area (Å²) in [4.78, 5) is 16.0. The molecule has 0 aliphatic heterocycles. The summed E-state index contributed by atoms with van der Waals surface area (Å²) in [7, 11) is 0. The summed E-state index contributed by atoms with van der Waals surface area (Å²) in [5.41, 5.74) is 3.19. The summed E-state index contributed by atoms with van der Waals surface area (Å²) in [5, 5.41) is 7.18. The van der Waals surface area contributed by atoms with Gasteiger partial charge >= 0.3 is 0 Å². The van der Waals surface area contributed by atoms with E-state index in [9.17, 15) is 4.79 Å². The molecule has 0 radical (unpaired) electrons. The summed E-state index contributed by atoms with van der Waals surface area (Å²) < 4.78 is 1.89. The van der Waals surface area contributed by atoms with Crippen molar-refractivity contribution in [1.29, 1.82) is 0 Å². The molecule has 20 heavy (non-hydrogen) atoms. The molecule has 0 saturated carbocycles. The Kier molecular flexibility index (Phi) is 4.50. The van der Waals surface area contributed by atoms with E-state index in [-0.39, 0.29) is 5.91 Å². The fourth-order valence-corrected chi connectivity index (χ4v) is 1.96. The van der Waals surface area contributed by atoms with E-state index in [0.29, 0.717) is 18.7 Å². The van der Waals surface area contributed by atoms with Gasteiger partial charge in [-0.1, -0.05) is 6.07 Å². The van der Waals surface area contributed by atoms with Gasteiger partial charge in [-0.3, -0.25) is 9.48 Å². The molecular formula is C15H20N4O. The van der Waals surface area contributed by atoms with E-state index in [1.807, 2.05) is 43.8 Å². The highest BCUT2D eigenvalue weighted by atomic mass is 16.1. The monoisotopic (exact) mass is 272 g/mol. The highest BCUT2D eigenvalue weighted by Crippen LogP contribution is 2.10. The van der Waals surface area contributed by atoms with Gasteiger partial charge in [0.1, 0.15) is 5.82 Å². The Morgan fingerprint density at radius 1 is 1.35 bits per heavy atom. The predicted octanol–water partition coefficient (Wildman–Crippen LogP) is 2.49. The van der Waals surface area contributed by atoms with Gasteiger partial charge in [0, 0.05) is 25.4 Å². The Balaban J connectivity index is 1.88. The number of pyridine rings is 1. The standard InChI is InChI=1S/C15H20N4O/c1-4-19-10-13(12(3)18-19)6-8-15(20)17-14-7-5-11(2)9-16-14/h5,7,9-10H,4,6,8H2,1-3H3,(H,16,17,20). The maximum Gasteiger partial charge on any atom is 0.225 e. The molecule has 1 amide bonds. The highest BCUT2D eigenvalue weighted by Gasteiger charge is 2.08. The number of aryl methyl sites for hydroxylation is 4. The van der Waals surface area contributed by atoms with Crippen molar-refractivity contribution in [2.75, 3.05) is 5.32 Å². The van der Waals surface area contributed by atoms with Gasteiger partial charge in [-0.25, -0.2) is 4.98 Å². The molecule has 106 valence electrons. The van der Waals surface area contributed by atoms with E-state index in [1.165, 1.54) is 0 Å². The molecule has 0 aliphatic carbocycles.